The first-order valence-electron chi connectivity index (χ1n) is 17.8. The Morgan fingerprint density at radius 1 is 0.981 bits per heavy atom. The average molecular weight is 731 g/mol. The van der Waals surface area contributed by atoms with Crippen LogP contribution in [-0.2, 0) is 33.5 Å². The van der Waals surface area contributed by atoms with Crippen LogP contribution in [0.25, 0.3) is 22.0 Å². The molecule has 0 spiro atoms. The van der Waals surface area contributed by atoms with Crippen LogP contribution in [0.5, 0.6) is 0 Å². The van der Waals surface area contributed by atoms with Crippen molar-refractivity contribution in [2.75, 3.05) is 18.9 Å². The SMILES string of the molecule is CC(=O)c1nn2c3c(cc(-c4cnc(C)nc4)cc13)CCCCCC(=O)N(C)C[C@@]13C[C@@H](C(=O)Nc4nc(C(F)(F)F)ccc4C)N(C(=O)C2)C1[C@@H]3C. The number of anilines is 1. The molecule has 1 unspecified atom stereocenters. The molecular weight excluding hydrogens is 689 g/mol. The number of alkyl halides is 3. The third kappa shape index (κ3) is 6.54. The van der Waals surface area contributed by atoms with E-state index in [2.05, 4.69) is 25.4 Å². The minimum absolute atomic E-state index is 0.0353. The molecule has 4 aromatic rings. The van der Waals surface area contributed by atoms with Crippen molar-refractivity contribution < 1.29 is 32.3 Å². The minimum atomic E-state index is -4.72. The van der Waals surface area contributed by atoms with Crippen LogP contribution in [0.4, 0.5) is 19.0 Å². The van der Waals surface area contributed by atoms with Gasteiger partial charge in [-0.25, -0.2) is 15.0 Å². The second kappa shape index (κ2) is 13.3. The van der Waals surface area contributed by atoms with Crippen LogP contribution in [0.2, 0.25) is 0 Å². The van der Waals surface area contributed by atoms with Gasteiger partial charge in [-0.15, -0.1) is 0 Å². The molecule has 5 heterocycles. The van der Waals surface area contributed by atoms with Crippen molar-refractivity contribution in [3.05, 3.63) is 65.0 Å². The largest absolute Gasteiger partial charge is 0.433 e. The summed E-state index contributed by atoms with van der Waals surface area (Å²) in [5, 5.41) is 7.84. The number of nitrogens with zero attached hydrogens (tertiary/aromatic N) is 7. The van der Waals surface area contributed by atoms with E-state index in [1.54, 1.807) is 42.9 Å². The fourth-order valence-electron chi connectivity index (χ4n) is 8.39. The van der Waals surface area contributed by atoms with Gasteiger partial charge in [0, 0.05) is 61.7 Å². The van der Waals surface area contributed by atoms with Crippen molar-refractivity contribution in [2.24, 2.45) is 11.3 Å². The van der Waals surface area contributed by atoms with Gasteiger partial charge < -0.3 is 15.1 Å². The topological polar surface area (TPSA) is 143 Å². The van der Waals surface area contributed by atoms with E-state index in [1.165, 1.54) is 17.9 Å². The van der Waals surface area contributed by atoms with Gasteiger partial charge in [0.1, 0.15) is 35.6 Å². The maximum Gasteiger partial charge on any atom is 0.433 e. The van der Waals surface area contributed by atoms with Crippen LogP contribution in [0.3, 0.4) is 0 Å². The molecule has 2 bridgehead atoms. The number of hydrogen-bond donors (Lipinski definition) is 1. The van der Waals surface area contributed by atoms with Crippen molar-refractivity contribution >= 4 is 40.2 Å². The molecule has 2 fully saturated rings. The molecule has 4 atom stereocenters. The number of aryl methyl sites for hydroxylation is 3. The summed E-state index contributed by atoms with van der Waals surface area (Å²) in [6, 6.07) is 4.47. The van der Waals surface area contributed by atoms with Crippen molar-refractivity contribution in [3.63, 3.8) is 0 Å². The van der Waals surface area contributed by atoms with Gasteiger partial charge in [-0.05, 0) is 80.3 Å². The number of carbonyl (C=O) groups excluding carboxylic acids is 4. The van der Waals surface area contributed by atoms with E-state index in [0.29, 0.717) is 48.1 Å². The Hall–Kier alpha value is -5.21. The van der Waals surface area contributed by atoms with Gasteiger partial charge in [0.15, 0.2) is 5.78 Å². The number of nitrogens with one attached hydrogen (secondary N) is 1. The fourth-order valence-corrected chi connectivity index (χ4v) is 8.39. The number of carbonyl (C=O) groups is 4. The summed E-state index contributed by atoms with van der Waals surface area (Å²) in [6.07, 6.45) is 2.02. The molecule has 278 valence electrons. The normalized spacial score (nSPS) is 23.7. The highest BCUT2D eigenvalue weighted by atomic mass is 19.4. The molecule has 12 nitrogen and oxygen atoms in total. The number of amides is 3. The highest BCUT2D eigenvalue weighted by Gasteiger charge is 2.73. The van der Waals surface area contributed by atoms with Gasteiger partial charge in [-0.2, -0.15) is 18.3 Å². The molecular formula is C38H41F3N8O4. The molecule has 3 aliphatic rings. The first kappa shape index (κ1) is 36.2. The zero-order chi connectivity index (χ0) is 38.0. The number of benzene rings is 1. The predicted octanol–water partition coefficient (Wildman–Crippen LogP) is 5.55. The van der Waals surface area contributed by atoms with Crippen molar-refractivity contribution in [3.8, 4) is 11.1 Å². The summed E-state index contributed by atoms with van der Waals surface area (Å²) in [7, 11) is 1.73. The lowest BCUT2D eigenvalue weighted by atomic mass is 9.95. The molecule has 2 aliphatic heterocycles. The Morgan fingerprint density at radius 2 is 1.70 bits per heavy atom. The number of rotatable bonds is 4. The molecule has 3 amide bonds. The Balaban J connectivity index is 1.31. The number of hydrogen-bond acceptors (Lipinski definition) is 8. The first-order chi connectivity index (χ1) is 25.1. The van der Waals surface area contributed by atoms with E-state index in [1.807, 2.05) is 19.1 Å². The Bertz CT molecular complexity index is 2150. The molecule has 1 N–H and O–H groups in total. The first-order valence-corrected chi connectivity index (χ1v) is 17.8. The van der Waals surface area contributed by atoms with Crippen LogP contribution in [0, 0.1) is 25.2 Å². The van der Waals surface area contributed by atoms with E-state index in [0.717, 1.165) is 35.6 Å². The predicted molar refractivity (Wildman–Crippen MR) is 189 cm³/mol. The number of pyridine rings is 1. The van der Waals surface area contributed by atoms with E-state index < -0.39 is 41.2 Å². The Kier molecular flexibility index (Phi) is 9.09. The lowest BCUT2D eigenvalue weighted by Gasteiger charge is -2.29. The average Bonchev–Trinajstić information content (AvgIpc) is 3.36. The summed E-state index contributed by atoms with van der Waals surface area (Å²) in [6.45, 7) is 6.76. The highest BCUT2D eigenvalue weighted by molar-refractivity contribution is 6.07. The molecule has 7 rings (SSSR count). The van der Waals surface area contributed by atoms with Gasteiger partial charge in [0.05, 0.1) is 5.52 Å². The van der Waals surface area contributed by atoms with Crippen LogP contribution in [0.1, 0.15) is 79.1 Å². The Labute approximate surface area is 304 Å². The molecule has 1 saturated heterocycles. The maximum atomic E-state index is 14.6. The molecule has 53 heavy (non-hydrogen) atoms. The third-order valence-electron chi connectivity index (χ3n) is 11.2. The molecule has 1 aliphatic carbocycles. The number of halogens is 3. The van der Waals surface area contributed by atoms with Gasteiger partial charge in [0.2, 0.25) is 17.7 Å². The maximum absolute atomic E-state index is 14.6. The smallest absolute Gasteiger partial charge is 0.345 e. The number of piperidine rings is 1. The van der Waals surface area contributed by atoms with Crippen molar-refractivity contribution in [1.29, 1.82) is 0 Å². The Morgan fingerprint density at radius 3 is 2.40 bits per heavy atom. The zero-order valence-electron chi connectivity index (χ0n) is 30.3. The quantitative estimate of drug-likeness (QED) is 0.270. The number of Topliss-reactive ketones (excluding diaryl/α,β-unsaturated/α-hetero) is 1. The summed E-state index contributed by atoms with van der Waals surface area (Å²) in [5.41, 5.74) is 1.81. The third-order valence-corrected chi connectivity index (χ3v) is 11.2. The second-order valence-corrected chi connectivity index (χ2v) is 14.8. The molecule has 1 aromatic carbocycles. The summed E-state index contributed by atoms with van der Waals surface area (Å²) >= 11 is 0. The van der Waals surface area contributed by atoms with Gasteiger partial charge >= 0.3 is 6.18 Å². The van der Waals surface area contributed by atoms with Crippen LogP contribution in [-0.4, -0.2) is 83.7 Å². The summed E-state index contributed by atoms with van der Waals surface area (Å²) in [5.74, 6) is -1.11. The molecule has 1 saturated carbocycles. The number of aromatic nitrogens is 5. The second-order valence-electron chi connectivity index (χ2n) is 14.8. The lowest BCUT2D eigenvalue weighted by Crippen LogP contribution is -2.47. The lowest BCUT2D eigenvalue weighted by molar-refractivity contribution is -0.141. The monoisotopic (exact) mass is 730 g/mol. The number of ketones is 1. The highest BCUT2D eigenvalue weighted by Crippen LogP contribution is 2.64. The van der Waals surface area contributed by atoms with Gasteiger partial charge in [-0.3, -0.25) is 23.9 Å². The van der Waals surface area contributed by atoms with Crippen LogP contribution >= 0.6 is 0 Å². The zero-order valence-corrected chi connectivity index (χ0v) is 30.3. The standard InChI is InChI=1S/C38H41F3N8O4/c1-20-11-12-29(38(39,40)41)44-35(20)45-36(53)28-15-37-19-47(5)30(51)10-8-6-7-9-24-13-25(26-16-42-23(4)43-17-26)14-27-32(22(3)50)46-48(33(24)27)18-31(52)49(28)34(37)21(37)2/h11-14,16-17,21,28,34H,6-10,15,18-19H2,1-5H3,(H,44,45,53)/t21-,28-,34?,37+/m0/s1. The van der Waals surface area contributed by atoms with E-state index in [9.17, 15) is 32.3 Å². The molecule has 0 radical (unpaired) electrons. The summed E-state index contributed by atoms with van der Waals surface area (Å²) in [4.78, 5) is 70.6. The van der Waals surface area contributed by atoms with E-state index in [4.69, 9.17) is 0 Å². The summed E-state index contributed by atoms with van der Waals surface area (Å²) < 4.78 is 42.2. The fraction of sp³-hybridized carbons (Fsp3) is 0.474. The molecule has 3 aromatic heterocycles. The van der Waals surface area contributed by atoms with E-state index >= 15 is 0 Å². The van der Waals surface area contributed by atoms with Crippen molar-refractivity contribution in [1.82, 2.24) is 34.5 Å². The molecule has 15 heteroatoms. The van der Waals surface area contributed by atoms with Gasteiger partial charge in [-0.1, -0.05) is 19.4 Å². The minimum Gasteiger partial charge on any atom is -0.345 e. The van der Waals surface area contributed by atoms with Crippen molar-refractivity contribution in [2.45, 2.75) is 91.0 Å². The van der Waals surface area contributed by atoms with Gasteiger partial charge in [0.25, 0.3) is 0 Å². The van der Waals surface area contributed by atoms with Crippen LogP contribution < -0.4 is 5.32 Å². The van der Waals surface area contributed by atoms with Crippen LogP contribution in [0.15, 0.2) is 36.7 Å². The van der Waals surface area contributed by atoms with E-state index in [-0.39, 0.29) is 42.1 Å².